The van der Waals surface area contributed by atoms with Gasteiger partial charge in [0.25, 0.3) is 0 Å². The van der Waals surface area contributed by atoms with Gasteiger partial charge in [0.15, 0.2) is 0 Å². The molecule has 0 aliphatic carbocycles. The van der Waals surface area contributed by atoms with Crippen molar-refractivity contribution >= 4 is 0 Å². The van der Waals surface area contributed by atoms with Crippen LogP contribution < -0.4 is 5.32 Å². The lowest BCUT2D eigenvalue weighted by atomic mass is 10.0. The normalized spacial score (nSPS) is 19.3. The first kappa shape index (κ1) is 11.4. The van der Waals surface area contributed by atoms with Gasteiger partial charge in [0, 0.05) is 29.3 Å². The molecule has 1 saturated heterocycles. The fourth-order valence-corrected chi connectivity index (χ4v) is 2.56. The van der Waals surface area contributed by atoms with Crippen LogP contribution in [0.4, 0.5) is 4.39 Å². The summed E-state index contributed by atoms with van der Waals surface area (Å²) in [6.07, 6.45) is 4.98. The van der Waals surface area contributed by atoms with Gasteiger partial charge in [0.2, 0.25) is 0 Å². The number of nitrogens with zero attached hydrogens (tertiary/aromatic N) is 1. The van der Waals surface area contributed by atoms with E-state index < -0.39 is 0 Å². The Bertz CT molecular complexity index is 529. The summed E-state index contributed by atoms with van der Waals surface area (Å²) < 4.78 is 13.8. The fourth-order valence-electron chi connectivity index (χ4n) is 2.56. The van der Waals surface area contributed by atoms with Crippen LogP contribution in [-0.2, 0) is 6.42 Å². The molecule has 3 rings (SSSR count). The highest BCUT2D eigenvalue weighted by atomic mass is 19.1. The van der Waals surface area contributed by atoms with Crippen LogP contribution in [0, 0.1) is 5.82 Å². The third-order valence-electron chi connectivity index (χ3n) is 3.50. The number of aromatic nitrogens is 2. The monoisotopic (exact) mass is 245 g/mol. The number of hydrogen-bond acceptors (Lipinski definition) is 2. The molecule has 0 saturated carbocycles. The molecule has 3 nitrogen and oxygen atoms in total. The summed E-state index contributed by atoms with van der Waals surface area (Å²) in [5.74, 6) is -0.195. The van der Waals surface area contributed by atoms with Crippen molar-refractivity contribution in [2.75, 3.05) is 6.54 Å². The highest BCUT2D eigenvalue weighted by molar-refractivity contribution is 5.65. The van der Waals surface area contributed by atoms with E-state index in [0.717, 1.165) is 24.2 Å². The summed E-state index contributed by atoms with van der Waals surface area (Å²) in [7, 11) is 0. The van der Waals surface area contributed by atoms with Crippen molar-refractivity contribution in [3.63, 3.8) is 0 Å². The molecule has 94 valence electrons. The van der Waals surface area contributed by atoms with Gasteiger partial charge in [-0.25, -0.2) is 4.39 Å². The van der Waals surface area contributed by atoms with Crippen molar-refractivity contribution in [2.24, 2.45) is 0 Å². The molecule has 1 aromatic carbocycles. The third kappa shape index (κ3) is 2.16. The van der Waals surface area contributed by atoms with Crippen LogP contribution in [0.15, 0.2) is 30.5 Å². The molecule has 0 spiro atoms. The van der Waals surface area contributed by atoms with E-state index in [-0.39, 0.29) is 5.82 Å². The maximum Gasteiger partial charge on any atom is 0.131 e. The summed E-state index contributed by atoms with van der Waals surface area (Å²) in [6, 6.07) is 7.32. The molecular weight excluding hydrogens is 229 g/mol. The average molecular weight is 245 g/mol. The molecule has 1 aromatic heterocycles. The lowest BCUT2D eigenvalue weighted by Crippen LogP contribution is -2.24. The van der Waals surface area contributed by atoms with E-state index in [1.165, 1.54) is 18.9 Å². The number of rotatable bonds is 3. The number of hydrogen-bond donors (Lipinski definition) is 2. The first-order valence-corrected chi connectivity index (χ1v) is 6.35. The zero-order chi connectivity index (χ0) is 12.4. The summed E-state index contributed by atoms with van der Waals surface area (Å²) in [4.78, 5) is 0. The predicted octanol–water partition coefficient (Wildman–Crippen LogP) is 2.51. The maximum atomic E-state index is 13.8. The predicted molar refractivity (Wildman–Crippen MR) is 68.7 cm³/mol. The third-order valence-corrected chi connectivity index (χ3v) is 3.50. The number of benzene rings is 1. The Morgan fingerprint density at radius 3 is 2.94 bits per heavy atom. The first-order chi connectivity index (χ1) is 8.84. The molecule has 2 aromatic rings. The van der Waals surface area contributed by atoms with Crippen molar-refractivity contribution in [3.05, 3.63) is 42.0 Å². The SMILES string of the molecule is Fc1ccccc1-c1cn[nH]c1CC1CCCN1. The second kappa shape index (κ2) is 4.90. The highest BCUT2D eigenvalue weighted by Gasteiger charge is 2.18. The highest BCUT2D eigenvalue weighted by Crippen LogP contribution is 2.26. The van der Waals surface area contributed by atoms with Gasteiger partial charge in [-0.05, 0) is 25.5 Å². The van der Waals surface area contributed by atoms with Crippen LogP contribution in [0.5, 0.6) is 0 Å². The zero-order valence-corrected chi connectivity index (χ0v) is 10.1. The second-order valence-corrected chi connectivity index (χ2v) is 4.74. The Morgan fingerprint density at radius 2 is 2.17 bits per heavy atom. The number of H-pyrrole nitrogens is 1. The maximum absolute atomic E-state index is 13.8. The van der Waals surface area contributed by atoms with E-state index in [9.17, 15) is 4.39 Å². The van der Waals surface area contributed by atoms with E-state index >= 15 is 0 Å². The molecule has 1 aliphatic rings. The molecule has 0 radical (unpaired) electrons. The van der Waals surface area contributed by atoms with Crippen molar-refractivity contribution in [3.8, 4) is 11.1 Å². The van der Waals surface area contributed by atoms with Gasteiger partial charge >= 0.3 is 0 Å². The van der Waals surface area contributed by atoms with Crippen molar-refractivity contribution < 1.29 is 4.39 Å². The topological polar surface area (TPSA) is 40.7 Å². The minimum atomic E-state index is -0.195. The van der Waals surface area contributed by atoms with E-state index in [2.05, 4.69) is 15.5 Å². The molecule has 2 heterocycles. The van der Waals surface area contributed by atoms with Crippen LogP contribution >= 0.6 is 0 Å². The minimum absolute atomic E-state index is 0.195. The van der Waals surface area contributed by atoms with Gasteiger partial charge < -0.3 is 5.32 Å². The summed E-state index contributed by atoms with van der Waals surface area (Å²) >= 11 is 0. The van der Waals surface area contributed by atoms with Crippen molar-refractivity contribution in [2.45, 2.75) is 25.3 Å². The van der Waals surface area contributed by atoms with Gasteiger partial charge in [-0.3, -0.25) is 5.10 Å². The second-order valence-electron chi connectivity index (χ2n) is 4.74. The molecule has 4 heteroatoms. The molecule has 1 unspecified atom stereocenters. The minimum Gasteiger partial charge on any atom is -0.314 e. The zero-order valence-electron chi connectivity index (χ0n) is 10.1. The van der Waals surface area contributed by atoms with E-state index in [0.29, 0.717) is 11.6 Å². The molecule has 2 N–H and O–H groups in total. The average Bonchev–Trinajstić information content (AvgIpc) is 3.02. The molecule has 1 aliphatic heterocycles. The van der Waals surface area contributed by atoms with Crippen LogP contribution in [0.2, 0.25) is 0 Å². The van der Waals surface area contributed by atoms with Crippen molar-refractivity contribution in [1.29, 1.82) is 0 Å². The van der Waals surface area contributed by atoms with E-state index in [1.54, 1.807) is 18.3 Å². The Hall–Kier alpha value is -1.68. The molecule has 1 fully saturated rings. The van der Waals surface area contributed by atoms with Crippen LogP contribution in [0.3, 0.4) is 0 Å². The summed E-state index contributed by atoms with van der Waals surface area (Å²) in [5, 5.41) is 10.5. The van der Waals surface area contributed by atoms with E-state index in [4.69, 9.17) is 0 Å². The molecular formula is C14H16FN3. The fraction of sp³-hybridized carbons (Fsp3) is 0.357. The van der Waals surface area contributed by atoms with Crippen LogP contribution in [-0.4, -0.2) is 22.8 Å². The molecule has 0 bridgehead atoms. The Labute approximate surface area is 105 Å². The Balaban J connectivity index is 1.89. The van der Waals surface area contributed by atoms with Crippen LogP contribution in [0.1, 0.15) is 18.5 Å². The molecule has 1 atom stereocenters. The van der Waals surface area contributed by atoms with Gasteiger partial charge in [0.1, 0.15) is 5.82 Å². The number of halogens is 1. The van der Waals surface area contributed by atoms with Gasteiger partial charge in [-0.1, -0.05) is 18.2 Å². The summed E-state index contributed by atoms with van der Waals surface area (Å²) in [5.41, 5.74) is 2.51. The number of nitrogens with one attached hydrogen (secondary N) is 2. The van der Waals surface area contributed by atoms with Gasteiger partial charge in [-0.2, -0.15) is 5.10 Å². The number of aromatic amines is 1. The van der Waals surface area contributed by atoms with Crippen LogP contribution in [0.25, 0.3) is 11.1 Å². The first-order valence-electron chi connectivity index (χ1n) is 6.35. The Kier molecular flexibility index (Phi) is 3.11. The van der Waals surface area contributed by atoms with Crippen molar-refractivity contribution in [1.82, 2.24) is 15.5 Å². The van der Waals surface area contributed by atoms with Gasteiger partial charge in [-0.15, -0.1) is 0 Å². The lowest BCUT2D eigenvalue weighted by molar-refractivity contribution is 0.594. The Morgan fingerprint density at radius 1 is 1.28 bits per heavy atom. The van der Waals surface area contributed by atoms with E-state index in [1.807, 2.05) is 6.07 Å². The standard InChI is InChI=1S/C14H16FN3/c15-13-6-2-1-5-11(13)12-9-17-18-14(12)8-10-4-3-7-16-10/h1-2,5-6,9-10,16H,3-4,7-8H2,(H,17,18). The quantitative estimate of drug-likeness (QED) is 0.872. The molecule has 18 heavy (non-hydrogen) atoms. The summed E-state index contributed by atoms with van der Waals surface area (Å²) in [6.45, 7) is 1.08. The largest absolute Gasteiger partial charge is 0.314 e. The van der Waals surface area contributed by atoms with Gasteiger partial charge in [0.05, 0.1) is 6.20 Å². The lowest BCUT2D eigenvalue weighted by Gasteiger charge is -2.10. The molecule has 0 amide bonds. The smallest absolute Gasteiger partial charge is 0.131 e.